The number of hydrogen-bond acceptors (Lipinski definition) is 6. The number of nitrogens with zero attached hydrogens (tertiary/aromatic N) is 1. The van der Waals surface area contributed by atoms with Crippen molar-refractivity contribution in [3.05, 3.63) is 12.2 Å². The van der Waals surface area contributed by atoms with Crippen LogP contribution in [0.25, 0.3) is 0 Å². The van der Waals surface area contributed by atoms with E-state index in [1.807, 2.05) is 0 Å². The minimum Gasteiger partial charge on any atom is -0.469 e. The third-order valence-corrected chi connectivity index (χ3v) is 8.02. The van der Waals surface area contributed by atoms with E-state index >= 15 is 0 Å². The number of carbonyl (C=O) groups excluding carboxylic acids is 4. The van der Waals surface area contributed by atoms with Crippen LogP contribution in [0.3, 0.4) is 0 Å². The number of primary amides is 1. The van der Waals surface area contributed by atoms with Crippen LogP contribution in [0.5, 0.6) is 0 Å². The topological polar surface area (TPSA) is 128 Å². The fourth-order valence-electron chi connectivity index (χ4n) is 5.78. The van der Waals surface area contributed by atoms with Gasteiger partial charge >= 0.3 is 12.1 Å². The summed E-state index contributed by atoms with van der Waals surface area (Å²) in [4.78, 5) is 50.6. The number of amides is 3. The van der Waals surface area contributed by atoms with Gasteiger partial charge < -0.3 is 25.4 Å². The van der Waals surface area contributed by atoms with Crippen LogP contribution in [0, 0.1) is 23.7 Å². The maximum atomic E-state index is 13.2. The highest BCUT2D eigenvalue weighted by atomic mass is 16.6. The van der Waals surface area contributed by atoms with Crippen molar-refractivity contribution in [3.63, 3.8) is 0 Å². The molecule has 0 spiro atoms. The first-order chi connectivity index (χ1) is 16.9. The van der Waals surface area contributed by atoms with E-state index in [0.717, 1.165) is 51.4 Å². The Morgan fingerprint density at radius 2 is 1.86 bits per heavy atom. The van der Waals surface area contributed by atoms with Gasteiger partial charge in [-0.15, -0.1) is 0 Å². The second-order valence-electron chi connectivity index (χ2n) is 10.6. The number of alkyl carbamates (subject to hydrolysis) is 1. The first-order valence-corrected chi connectivity index (χ1v) is 13.2. The normalized spacial score (nSPS) is 31.6. The second kappa shape index (κ2) is 11.4. The third kappa shape index (κ3) is 6.76. The Kier molecular flexibility index (Phi) is 8.34. The fourth-order valence-corrected chi connectivity index (χ4v) is 5.78. The molecule has 9 nitrogen and oxygen atoms in total. The Labute approximate surface area is 207 Å². The molecule has 1 heterocycles. The minimum atomic E-state index is -0.721. The number of esters is 1. The fraction of sp³-hybridized carbons (Fsp3) is 0.769. The number of hydrogen-bond donors (Lipinski definition) is 2. The van der Waals surface area contributed by atoms with Gasteiger partial charge in [0.1, 0.15) is 18.2 Å². The molecule has 0 bridgehead atoms. The number of carbonyl (C=O) groups is 4. The largest absolute Gasteiger partial charge is 0.469 e. The number of likely N-dealkylation sites (tertiary alicyclic amines) is 1. The number of ether oxygens (including phenoxy) is 2. The molecule has 194 valence electrons. The molecule has 3 aliphatic carbocycles. The summed E-state index contributed by atoms with van der Waals surface area (Å²) in [7, 11) is 1.42. The Morgan fingerprint density at radius 1 is 1.09 bits per heavy atom. The molecule has 0 aromatic carbocycles. The summed E-state index contributed by atoms with van der Waals surface area (Å²) in [6, 6.07) is -1.33. The molecular weight excluding hydrogens is 450 g/mol. The van der Waals surface area contributed by atoms with Crippen LogP contribution < -0.4 is 11.1 Å². The minimum absolute atomic E-state index is 0.0127. The van der Waals surface area contributed by atoms with Crippen LogP contribution in [0.15, 0.2) is 12.2 Å². The quantitative estimate of drug-likeness (QED) is 0.246. The zero-order chi connectivity index (χ0) is 24.9. The first-order valence-electron chi connectivity index (χ1n) is 13.2. The molecule has 3 N–H and O–H groups in total. The number of methoxy groups -OCH3 is 1. The number of unbranched alkanes of at least 4 members (excludes halogenated alkanes) is 3. The van der Waals surface area contributed by atoms with Crippen molar-refractivity contribution in [2.24, 2.45) is 29.4 Å². The van der Waals surface area contributed by atoms with E-state index in [0.29, 0.717) is 37.1 Å². The van der Waals surface area contributed by atoms with Gasteiger partial charge in [0.2, 0.25) is 11.8 Å². The summed E-state index contributed by atoms with van der Waals surface area (Å²) in [5.41, 5.74) is 5.50. The van der Waals surface area contributed by atoms with E-state index in [4.69, 9.17) is 15.2 Å². The molecule has 0 aromatic heterocycles. The monoisotopic (exact) mass is 489 g/mol. The summed E-state index contributed by atoms with van der Waals surface area (Å²) in [6.07, 6.45) is 12.8. The highest BCUT2D eigenvalue weighted by Gasteiger charge is 2.47. The highest BCUT2D eigenvalue weighted by molar-refractivity contribution is 5.91. The smallest absolute Gasteiger partial charge is 0.408 e. The Balaban J connectivity index is 1.22. The first kappa shape index (κ1) is 25.5. The molecule has 4 rings (SSSR count). The summed E-state index contributed by atoms with van der Waals surface area (Å²) in [6.45, 7) is 0.476. The second-order valence-corrected chi connectivity index (χ2v) is 10.6. The highest BCUT2D eigenvalue weighted by Crippen LogP contribution is 2.52. The van der Waals surface area contributed by atoms with E-state index in [-0.39, 0.29) is 23.9 Å². The summed E-state index contributed by atoms with van der Waals surface area (Å²) in [5, 5.41) is 2.79. The lowest BCUT2D eigenvalue weighted by Gasteiger charge is -2.28. The lowest BCUT2D eigenvalue weighted by molar-refractivity contribution is -0.142. The lowest BCUT2D eigenvalue weighted by Crippen LogP contribution is -2.53. The molecule has 3 saturated carbocycles. The molecule has 1 aliphatic heterocycles. The lowest BCUT2D eigenvalue weighted by atomic mass is 10.0. The maximum absolute atomic E-state index is 13.2. The number of nitrogens with one attached hydrogen (secondary N) is 1. The summed E-state index contributed by atoms with van der Waals surface area (Å²) >= 11 is 0. The molecule has 0 aromatic rings. The van der Waals surface area contributed by atoms with Gasteiger partial charge in [-0.25, -0.2) is 4.79 Å². The van der Waals surface area contributed by atoms with Crippen molar-refractivity contribution in [2.45, 2.75) is 88.8 Å². The van der Waals surface area contributed by atoms with E-state index in [2.05, 4.69) is 17.5 Å². The van der Waals surface area contributed by atoms with Crippen molar-refractivity contribution in [3.8, 4) is 0 Å². The molecule has 4 aliphatic rings. The van der Waals surface area contributed by atoms with Crippen LogP contribution in [-0.4, -0.2) is 60.6 Å². The van der Waals surface area contributed by atoms with Crippen molar-refractivity contribution < 1.29 is 28.7 Å². The molecule has 9 heteroatoms. The standard InChI is InChI=1S/C26H39N3O6/c1-34-25(32)20-15-16(20)8-5-3-2-4-6-9-21(24(31)29-11-7-10-22(29)23(27)30)28-26(33)35-19-13-17-12-18(17)14-19/h5,8,16-22H,2-4,6-7,9-15H2,1H3,(H2,27,30)(H,28,33)/b8-5-/t16-,17-,18+,19+,20+,21+,22+/m1/s1. The number of fused-ring (bicyclic) bond motifs is 1. The average Bonchev–Trinajstić information content (AvgIpc) is 3.66. The molecule has 7 atom stereocenters. The maximum Gasteiger partial charge on any atom is 0.408 e. The van der Waals surface area contributed by atoms with Crippen LogP contribution in [-0.2, 0) is 23.9 Å². The van der Waals surface area contributed by atoms with Gasteiger partial charge in [-0.3, -0.25) is 14.4 Å². The predicted octanol–water partition coefficient (Wildman–Crippen LogP) is 2.67. The van der Waals surface area contributed by atoms with Crippen LogP contribution in [0.1, 0.15) is 70.6 Å². The van der Waals surface area contributed by atoms with E-state index in [1.54, 1.807) is 0 Å². The van der Waals surface area contributed by atoms with E-state index < -0.39 is 24.1 Å². The molecule has 35 heavy (non-hydrogen) atoms. The Bertz CT molecular complexity index is 835. The summed E-state index contributed by atoms with van der Waals surface area (Å²) in [5.74, 6) is 0.822. The van der Waals surface area contributed by atoms with E-state index in [1.165, 1.54) is 18.4 Å². The van der Waals surface area contributed by atoms with Gasteiger partial charge in [-0.05, 0) is 75.5 Å². The molecule has 1 saturated heterocycles. The summed E-state index contributed by atoms with van der Waals surface area (Å²) < 4.78 is 10.4. The van der Waals surface area contributed by atoms with Crippen LogP contribution >= 0.6 is 0 Å². The van der Waals surface area contributed by atoms with E-state index in [9.17, 15) is 19.2 Å². The van der Waals surface area contributed by atoms with Gasteiger partial charge in [0.15, 0.2) is 0 Å². The molecule has 4 fully saturated rings. The van der Waals surface area contributed by atoms with Gasteiger partial charge in [0, 0.05) is 6.54 Å². The zero-order valence-electron chi connectivity index (χ0n) is 20.7. The Morgan fingerprint density at radius 3 is 2.57 bits per heavy atom. The third-order valence-electron chi connectivity index (χ3n) is 8.02. The molecule has 0 unspecified atom stereocenters. The van der Waals surface area contributed by atoms with Crippen molar-refractivity contribution >= 4 is 23.9 Å². The van der Waals surface area contributed by atoms with Gasteiger partial charge in [0.25, 0.3) is 0 Å². The zero-order valence-corrected chi connectivity index (χ0v) is 20.7. The van der Waals surface area contributed by atoms with Gasteiger partial charge in [-0.2, -0.15) is 0 Å². The van der Waals surface area contributed by atoms with Crippen LogP contribution in [0.2, 0.25) is 0 Å². The van der Waals surface area contributed by atoms with Crippen molar-refractivity contribution in [2.75, 3.05) is 13.7 Å². The Hall–Kier alpha value is -2.58. The molecule has 0 radical (unpaired) electrons. The van der Waals surface area contributed by atoms with Gasteiger partial charge in [0.05, 0.1) is 13.0 Å². The predicted molar refractivity (Wildman–Crippen MR) is 128 cm³/mol. The van der Waals surface area contributed by atoms with Crippen molar-refractivity contribution in [1.82, 2.24) is 10.2 Å². The van der Waals surface area contributed by atoms with Gasteiger partial charge in [-0.1, -0.05) is 25.0 Å². The average molecular weight is 490 g/mol. The molecular formula is C26H39N3O6. The van der Waals surface area contributed by atoms with Crippen LogP contribution in [0.4, 0.5) is 4.79 Å². The molecule has 3 amide bonds. The number of rotatable bonds is 12. The SMILES string of the molecule is COC(=O)[C@H]1C[C@H]1/C=C\CCCCC[C@H](NC(=O)O[C@@H]1C[C@@H]2C[C@@H]2C1)C(=O)N1CCC[C@H]1C(N)=O. The number of allylic oxidation sites excluding steroid dienone is 2. The number of nitrogens with two attached hydrogens (primary N) is 1. The van der Waals surface area contributed by atoms with Crippen molar-refractivity contribution in [1.29, 1.82) is 0 Å².